The van der Waals surface area contributed by atoms with Crippen molar-refractivity contribution in [2.24, 2.45) is 7.05 Å². The molecule has 2 aromatic carbocycles. The van der Waals surface area contributed by atoms with Gasteiger partial charge >= 0.3 is 0 Å². The second-order valence-electron chi connectivity index (χ2n) is 7.18. The molecule has 6 nitrogen and oxygen atoms in total. The lowest BCUT2D eigenvalue weighted by Crippen LogP contribution is -2.20. The lowest BCUT2D eigenvalue weighted by Gasteiger charge is -2.15. The van der Waals surface area contributed by atoms with Crippen LogP contribution in [-0.4, -0.2) is 33.1 Å². The Hall–Kier alpha value is -3.34. The number of nitrogens with zero attached hydrogens (tertiary/aromatic N) is 5. The Balaban J connectivity index is 0.00000218. The predicted molar refractivity (Wildman–Crippen MR) is 117 cm³/mol. The lowest BCUT2D eigenvalue weighted by atomic mass is 9.98. The number of fused-ring (bicyclic) bond motifs is 2. The Morgan fingerprint density at radius 1 is 1.13 bits per heavy atom. The molecule has 1 aliphatic rings. The van der Waals surface area contributed by atoms with Crippen LogP contribution in [0, 0.1) is 17.1 Å². The Kier molecular flexibility index (Phi) is 5.20. The number of hydrogen-bond donors (Lipinski definition) is 1. The van der Waals surface area contributed by atoms with Crippen molar-refractivity contribution < 1.29 is 4.39 Å². The van der Waals surface area contributed by atoms with E-state index < -0.39 is 0 Å². The summed E-state index contributed by atoms with van der Waals surface area (Å²) < 4.78 is 16.6. The molecular formula is C22H18ClFN6. The molecule has 0 aliphatic carbocycles. The van der Waals surface area contributed by atoms with E-state index in [4.69, 9.17) is 0 Å². The Bertz CT molecular complexity index is 1350. The molecule has 1 N–H and O–H groups in total. The molecular weight excluding hydrogens is 403 g/mol. The van der Waals surface area contributed by atoms with Gasteiger partial charge in [0.05, 0.1) is 16.8 Å². The monoisotopic (exact) mass is 420 g/mol. The highest BCUT2D eigenvalue weighted by Gasteiger charge is 2.14. The van der Waals surface area contributed by atoms with Gasteiger partial charge < -0.3 is 5.32 Å². The molecule has 5 rings (SSSR count). The van der Waals surface area contributed by atoms with Crippen molar-refractivity contribution in [3.63, 3.8) is 0 Å². The first kappa shape index (κ1) is 20.0. The quantitative estimate of drug-likeness (QED) is 0.530. The van der Waals surface area contributed by atoms with Gasteiger partial charge in [0.2, 0.25) is 0 Å². The highest BCUT2D eigenvalue weighted by molar-refractivity contribution is 5.91. The Labute approximate surface area is 178 Å². The molecule has 0 unspecified atom stereocenters. The minimum Gasteiger partial charge on any atom is -0.313 e. The van der Waals surface area contributed by atoms with Gasteiger partial charge in [-0.1, -0.05) is 6.08 Å². The van der Waals surface area contributed by atoms with Gasteiger partial charge in [-0.2, -0.15) is 10.4 Å². The predicted octanol–water partition coefficient (Wildman–Crippen LogP) is 3.99. The molecule has 0 fully saturated rings. The SMILES string of the molecule is Cl.Cn1cc2cc(-c3cc4c(F)cc(C5=CCNCC5)cc4nn3)cc(C#N)c2n1. The van der Waals surface area contributed by atoms with Crippen molar-refractivity contribution in [2.75, 3.05) is 13.1 Å². The molecule has 150 valence electrons. The molecule has 2 aromatic heterocycles. The topological polar surface area (TPSA) is 79.4 Å². The maximum Gasteiger partial charge on any atom is 0.133 e. The Morgan fingerprint density at radius 2 is 2.00 bits per heavy atom. The summed E-state index contributed by atoms with van der Waals surface area (Å²) >= 11 is 0. The fourth-order valence-electron chi connectivity index (χ4n) is 3.80. The lowest BCUT2D eigenvalue weighted by molar-refractivity contribution is 0.638. The van der Waals surface area contributed by atoms with Crippen LogP contribution in [0.15, 0.2) is 42.6 Å². The van der Waals surface area contributed by atoms with E-state index in [-0.39, 0.29) is 18.2 Å². The molecule has 4 aromatic rings. The molecule has 0 saturated heterocycles. The standard InChI is InChI=1S/C22H17FN6.ClH/c1-29-12-17-7-15(6-16(11-24)22(17)28-29)20-10-18-19(23)8-14(9-21(18)27-26-20)13-2-4-25-5-3-13;/h2,6-10,12,25H,3-5H2,1H3;1H. The molecule has 0 atom stereocenters. The van der Waals surface area contributed by atoms with Crippen molar-refractivity contribution in [1.82, 2.24) is 25.3 Å². The van der Waals surface area contributed by atoms with Gasteiger partial charge in [0, 0.05) is 36.1 Å². The molecule has 8 heteroatoms. The summed E-state index contributed by atoms with van der Waals surface area (Å²) in [7, 11) is 1.81. The third-order valence-electron chi connectivity index (χ3n) is 5.23. The summed E-state index contributed by atoms with van der Waals surface area (Å²) in [5, 5.41) is 26.9. The summed E-state index contributed by atoms with van der Waals surface area (Å²) in [5.41, 5.74) is 4.81. The van der Waals surface area contributed by atoms with Crippen LogP contribution in [0.1, 0.15) is 17.5 Å². The molecule has 3 heterocycles. The second kappa shape index (κ2) is 7.82. The average molecular weight is 421 g/mol. The molecule has 1 aliphatic heterocycles. The maximum atomic E-state index is 14.9. The van der Waals surface area contributed by atoms with Gasteiger partial charge in [0.25, 0.3) is 0 Å². The zero-order valence-corrected chi connectivity index (χ0v) is 17.0. The minimum atomic E-state index is -0.323. The zero-order valence-electron chi connectivity index (χ0n) is 16.2. The summed E-state index contributed by atoms with van der Waals surface area (Å²) in [6.45, 7) is 1.67. The summed E-state index contributed by atoms with van der Waals surface area (Å²) in [4.78, 5) is 0. The van der Waals surface area contributed by atoms with Gasteiger partial charge in [-0.05, 0) is 54.4 Å². The van der Waals surface area contributed by atoms with Crippen molar-refractivity contribution in [2.45, 2.75) is 6.42 Å². The van der Waals surface area contributed by atoms with Crippen molar-refractivity contribution >= 4 is 39.8 Å². The smallest absolute Gasteiger partial charge is 0.133 e. The number of halogens is 2. The van der Waals surface area contributed by atoms with E-state index in [1.807, 2.05) is 18.3 Å². The Morgan fingerprint density at radius 3 is 2.77 bits per heavy atom. The van der Waals surface area contributed by atoms with Gasteiger partial charge in [0.15, 0.2) is 0 Å². The summed E-state index contributed by atoms with van der Waals surface area (Å²) in [5.74, 6) is -0.323. The highest BCUT2D eigenvalue weighted by Crippen LogP contribution is 2.30. The molecule has 0 radical (unpaired) electrons. The van der Waals surface area contributed by atoms with Crippen molar-refractivity contribution in [3.8, 4) is 17.3 Å². The zero-order chi connectivity index (χ0) is 20.0. The van der Waals surface area contributed by atoms with Crippen LogP contribution in [0.4, 0.5) is 4.39 Å². The van der Waals surface area contributed by atoms with Crippen LogP contribution in [0.2, 0.25) is 0 Å². The molecule has 0 amide bonds. The van der Waals surface area contributed by atoms with Gasteiger partial charge in [-0.25, -0.2) is 4.39 Å². The number of aryl methyl sites for hydroxylation is 1. The summed E-state index contributed by atoms with van der Waals surface area (Å²) in [6, 6.07) is 10.9. The number of rotatable bonds is 2. The third kappa shape index (κ3) is 3.41. The molecule has 30 heavy (non-hydrogen) atoms. The molecule has 0 spiro atoms. The second-order valence-corrected chi connectivity index (χ2v) is 7.18. The van der Waals surface area contributed by atoms with E-state index in [0.717, 1.165) is 36.0 Å². The number of benzene rings is 2. The van der Waals surface area contributed by atoms with E-state index in [1.54, 1.807) is 29.9 Å². The first-order valence-corrected chi connectivity index (χ1v) is 9.37. The maximum absolute atomic E-state index is 14.9. The number of nitriles is 1. The van der Waals surface area contributed by atoms with E-state index in [9.17, 15) is 9.65 Å². The van der Waals surface area contributed by atoms with E-state index in [1.165, 1.54) is 0 Å². The van der Waals surface area contributed by atoms with Crippen molar-refractivity contribution in [1.29, 1.82) is 5.26 Å². The fourth-order valence-corrected chi connectivity index (χ4v) is 3.80. The number of nitrogens with one attached hydrogen (secondary N) is 1. The van der Waals surface area contributed by atoms with Crippen LogP contribution >= 0.6 is 12.4 Å². The van der Waals surface area contributed by atoms with Gasteiger partial charge in [-0.3, -0.25) is 4.68 Å². The third-order valence-corrected chi connectivity index (χ3v) is 5.23. The van der Waals surface area contributed by atoms with Gasteiger partial charge in [-0.15, -0.1) is 22.6 Å². The average Bonchev–Trinajstić information content (AvgIpc) is 3.13. The molecule has 0 saturated carbocycles. The highest BCUT2D eigenvalue weighted by atomic mass is 35.5. The van der Waals surface area contributed by atoms with E-state index in [2.05, 4.69) is 32.8 Å². The summed E-state index contributed by atoms with van der Waals surface area (Å²) in [6.07, 6.45) is 4.78. The van der Waals surface area contributed by atoms with Crippen LogP contribution in [0.3, 0.4) is 0 Å². The number of aromatic nitrogens is 4. The van der Waals surface area contributed by atoms with Crippen LogP contribution in [-0.2, 0) is 7.05 Å². The molecule has 0 bridgehead atoms. The van der Waals surface area contributed by atoms with Crippen LogP contribution < -0.4 is 5.32 Å². The van der Waals surface area contributed by atoms with Crippen LogP contribution in [0.5, 0.6) is 0 Å². The fraction of sp³-hybridized carbons (Fsp3) is 0.182. The van der Waals surface area contributed by atoms with E-state index >= 15 is 0 Å². The van der Waals surface area contributed by atoms with Gasteiger partial charge in [0.1, 0.15) is 17.4 Å². The normalized spacial score (nSPS) is 13.7. The van der Waals surface area contributed by atoms with E-state index in [0.29, 0.717) is 33.2 Å². The first-order chi connectivity index (χ1) is 14.1. The minimum absolute atomic E-state index is 0. The number of hydrogen-bond acceptors (Lipinski definition) is 5. The first-order valence-electron chi connectivity index (χ1n) is 9.37. The van der Waals surface area contributed by atoms with Crippen LogP contribution in [0.25, 0.3) is 38.6 Å². The largest absolute Gasteiger partial charge is 0.313 e. The van der Waals surface area contributed by atoms with Crippen molar-refractivity contribution in [3.05, 3.63) is 59.5 Å².